The van der Waals surface area contributed by atoms with Gasteiger partial charge in [-0.25, -0.2) is 0 Å². The third-order valence-corrected chi connectivity index (χ3v) is 9.62. The summed E-state index contributed by atoms with van der Waals surface area (Å²) in [6.07, 6.45) is 4.20. The van der Waals surface area contributed by atoms with Crippen LogP contribution in [0.25, 0.3) is 0 Å². The molecule has 0 amide bonds. The molecule has 98 valence electrons. The average molecular weight is 312 g/mol. The number of rotatable bonds is 11. The van der Waals surface area contributed by atoms with Crippen LogP contribution >= 0.6 is 0 Å². The van der Waals surface area contributed by atoms with E-state index in [0.29, 0.717) is 0 Å². The first-order valence-corrected chi connectivity index (χ1v) is 11.4. The van der Waals surface area contributed by atoms with Gasteiger partial charge in [-0.05, 0) is 0 Å². The Kier molecular flexibility index (Phi) is 11.4. The van der Waals surface area contributed by atoms with Crippen LogP contribution in [-0.2, 0) is 30.0 Å². The van der Waals surface area contributed by atoms with Crippen LogP contribution in [0.1, 0.15) is 53.4 Å². The van der Waals surface area contributed by atoms with Gasteiger partial charge < -0.3 is 0 Å². The van der Waals surface area contributed by atoms with Gasteiger partial charge in [0.15, 0.2) is 0 Å². The Morgan fingerprint density at radius 1 is 0.625 bits per heavy atom. The van der Waals surface area contributed by atoms with Gasteiger partial charge in [-0.1, -0.05) is 0 Å². The van der Waals surface area contributed by atoms with Crippen LogP contribution in [-0.4, -0.2) is 19.8 Å². The Hall–Kier alpha value is 0.763. The number of hydrogen-bond donors (Lipinski definition) is 0. The van der Waals surface area contributed by atoms with Gasteiger partial charge in [0.05, 0.1) is 0 Å². The molecule has 0 aliphatic heterocycles. The van der Waals surface area contributed by atoms with E-state index in [-0.39, 0.29) is 0 Å². The summed E-state index contributed by atoms with van der Waals surface area (Å²) >= 11 is -3.16. The zero-order chi connectivity index (χ0) is 12.3. The zero-order valence-corrected chi connectivity index (χ0v) is 13.8. The fraction of sp³-hybridized carbons (Fsp3) is 1.00. The molecule has 0 bridgehead atoms. The molecule has 0 saturated carbocycles. The van der Waals surface area contributed by atoms with Crippen molar-refractivity contribution in [2.45, 2.75) is 57.5 Å². The molecule has 0 saturated heterocycles. The summed E-state index contributed by atoms with van der Waals surface area (Å²) in [6.45, 7) is 10.9. The predicted molar refractivity (Wildman–Crippen MR) is 63.8 cm³/mol. The van der Waals surface area contributed by atoms with Crippen molar-refractivity contribution in [3.05, 3.63) is 0 Å². The molecule has 0 aromatic carbocycles. The summed E-state index contributed by atoms with van der Waals surface area (Å²) < 4.78 is 19.0. The van der Waals surface area contributed by atoms with E-state index in [1.807, 2.05) is 0 Å². The minimum atomic E-state index is -3.16. The molecule has 0 aromatic rings. The summed E-state index contributed by atoms with van der Waals surface area (Å²) in [7, 11) is 0. The van der Waals surface area contributed by atoms with E-state index >= 15 is 0 Å². The van der Waals surface area contributed by atoms with Crippen molar-refractivity contribution in [2.24, 2.45) is 0 Å². The van der Waals surface area contributed by atoms with Crippen LogP contribution in [0.4, 0.5) is 0 Å². The number of hydrogen-bond acceptors (Lipinski definition) is 3. The van der Waals surface area contributed by atoms with Gasteiger partial charge in [0.25, 0.3) is 0 Å². The van der Waals surface area contributed by atoms with Gasteiger partial charge in [-0.3, -0.25) is 0 Å². The Labute approximate surface area is 107 Å². The topological polar surface area (TPSA) is 27.7 Å². The Bertz CT molecular complexity index is 131. The van der Waals surface area contributed by atoms with Gasteiger partial charge >= 0.3 is 107 Å². The molecule has 0 aliphatic carbocycles. The van der Waals surface area contributed by atoms with E-state index < -0.39 is 21.6 Å². The normalized spacial score (nSPS) is 12.0. The van der Waals surface area contributed by atoms with Gasteiger partial charge in [-0.15, -0.1) is 0 Å². The third-order valence-electron chi connectivity index (χ3n) is 2.13. The molecule has 0 aliphatic rings. The second-order valence-corrected chi connectivity index (χ2v) is 10.7. The summed E-state index contributed by atoms with van der Waals surface area (Å²) in [5.74, 6) is 0. The first-order chi connectivity index (χ1) is 7.74. The molecule has 0 aromatic heterocycles. The maximum absolute atomic E-state index is 5.99. The monoisotopic (exact) mass is 310 g/mol. The van der Waals surface area contributed by atoms with Gasteiger partial charge in [0.1, 0.15) is 0 Å². The molecule has 0 fully saturated rings. The van der Waals surface area contributed by atoms with Crippen LogP contribution in [0.2, 0.25) is 4.13 Å². The summed E-state index contributed by atoms with van der Waals surface area (Å²) in [5, 5.41) is 0. The molecule has 0 unspecified atom stereocenters. The van der Waals surface area contributed by atoms with Crippen LogP contribution in [0.5, 0.6) is 0 Å². The van der Waals surface area contributed by atoms with Crippen LogP contribution in [0.3, 0.4) is 0 Å². The fourth-order valence-corrected chi connectivity index (χ4v) is 8.40. The van der Waals surface area contributed by atoms with Crippen molar-refractivity contribution in [2.75, 3.05) is 19.8 Å². The maximum atomic E-state index is 5.99. The van der Waals surface area contributed by atoms with Crippen molar-refractivity contribution in [3.63, 3.8) is 0 Å². The van der Waals surface area contributed by atoms with Crippen molar-refractivity contribution < 1.29 is 30.0 Å². The molecular formula is C12H28O3Zr. The second-order valence-electron chi connectivity index (χ2n) is 3.98. The second kappa shape index (κ2) is 10.9. The van der Waals surface area contributed by atoms with E-state index in [9.17, 15) is 0 Å². The zero-order valence-electron chi connectivity index (χ0n) is 11.4. The third kappa shape index (κ3) is 7.16. The Morgan fingerprint density at radius 3 is 1.25 bits per heavy atom. The summed E-state index contributed by atoms with van der Waals surface area (Å²) in [6, 6.07) is 0. The first kappa shape index (κ1) is 16.8. The molecule has 0 radical (unpaired) electrons. The van der Waals surface area contributed by atoms with Crippen LogP contribution < -0.4 is 0 Å². The molecule has 0 atom stereocenters. The molecule has 0 N–H and O–H groups in total. The minimum absolute atomic E-state index is 0.781. The van der Waals surface area contributed by atoms with E-state index in [4.69, 9.17) is 8.44 Å². The molecule has 16 heavy (non-hydrogen) atoms. The average Bonchev–Trinajstić information content (AvgIpc) is 2.31. The summed E-state index contributed by atoms with van der Waals surface area (Å²) in [5.41, 5.74) is 0. The SMILES string of the molecule is CCC[O][Zr]([CH2]CC)([O]CCC)[O]CCC. The quantitative estimate of drug-likeness (QED) is 0.577. The van der Waals surface area contributed by atoms with Gasteiger partial charge in [0.2, 0.25) is 0 Å². The van der Waals surface area contributed by atoms with Crippen LogP contribution in [0.15, 0.2) is 0 Å². The van der Waals surface area contributed by atoms with Crippen LogP contribution in [0, 0.1) is 0 Å². The van der Waals surface area contributed by atoms with Crippen molar-refractivity contribution >= 4 is 0 Å². The van der Waals surface area contributed by atoms with Crippen molar-refractivity contribution in [3.8, 4) is 0 Å². The molecule has 0 heterocycles. The molecule has 4 heteroatoms. The van der Waals surface area contributed by atoms with Crippen molar-refractivity contribution in [1.82, 2.24) is 0 Å². The van der Waals surface area contributed by atoms with E-state index in [2.05, 4.69) is 27.7 Å². The standard InChI is InChI=1S/3C3H7O.C3H7.Zr/c3*1-2-3-4;1-3-2;/h3*2-3H2,1H3;1,3H2,2H3;/q3*-1;;+3. The molecule has 0 spiro atoms. The van der Waals surface area contributed by atoms with E-state index in [1.54, 1.807) is 0 Å². The predicted octanol–water partition coefficient (Wildman–Crippen LogP) is 3.99. The van der Waals surface area contributed by atoms with E-state index in [0.717, 1.165) is 49.6 Å². The van der Waals surface area contributed by atoms with Crippen molar-refractivity contribution in [1.29, 1.82) is 0 Å². The van der Waals surface area contributed by atoms with Gasteiger partial charge in [0, 0.05) is 0 Å². The summed E-state index contributed by atoms with van der Waals surface area (Å²) in [4.78, 5) is 0. The Morgan fingerprint density at radius 2 is 1.00 bits per heavy atom. The van der Waals surface area contributed by atoms with E-state index in [1.165, 1.54) is 0 Å². The first-order valence-electron chi connectivity index (χ1n) is 6.66. The fourth-order valence-electron chi connectivity index (χ4n) is 1.42. The molecular weight excluding hydrogens is 283 g/mol. The molecule has 0 rings (SSSR count). The van der Waals surface area contributed by atoms with Gasteiger partial charge in [-0.2, -0.15) is 0 Å². The Balaban J connectivity index is 4.32. The molecule has 3 nitrogen and oxygen atoms in total.